The molecule has 7 nitrogen and oxygen atoms in total. The molecule has 0 unspecified atom stereocenters. The van der Waals surface area contributed by atoms with E-state index in [0.29, 0.717) is 11.4 Å². The summed E-state index contributed by atoms with van der Waals surface area (Å²) >= 11 is 3.37. The van der Waals surface area contributed by atoms with Gasteiger partial charge in [0, 0.05) is 5.39 Å². The topological polar surface area (TPSA) is 96.7 Å². The number of nitrogens with zero attached hydrogens (tertiary/aromatic N) is 3. The Morgan fingerprint density at radius 3 is 3.11 bits per heavy atom. The average molecular weight is 322 g/mol. The molecule has 1 aromatic carbocycles. The number of nitrogens with one attached hydrogen (secondary N) is 2. The fraction of sp³-hybridized carbons (Fsp3) is 0.0909. The summed E-state index contributed by atoms with van der Waals surface area (Å²) in [5, 5.41) is 16.7. The van der Waals surface area contributed by atoms with Gasteiger partial charge in [0.05, 0.1) is 11.0 Å². The number of aromatic amines is 1. The number of H-pyrrole nitrogens is 1. The summed E-state index contributed by atoms with van der Waals surface area (Å²) in [6, 6.07) is 7.29. The predicted octanol–water partition coefficient (Wildman–Crippen LogP) is 1.64. The Morgan fingerprint density at radius 2 is 2.37 bits per heavy atom. The average Bonchev–Trinajstić information content (AvgIpc) is 3.05. The second-order valence-corrected chi connectivity index (χ2v) is 4.63. The molecule has 0 saturated heterocycles. The highest BCUT2D eigenvalue weighted by atomic mass is 79.9. The molecule has 3 aromatic rings. The largest absolute Gasteiger partial charge is 0.450 e. The first-order valence-electron chi connectivity index (χ1n) is 5.42. The molecule has 0 aliphatic rings. The first-order valence-corrected chi connectivity index (χ1v) is 6.22. The van der Waals surface area contributed by atoms with Crippen LogP contribution >= 0.6 is 15.9 Å². The van der Waals surface area contributed by atoms with Gasteiger partial charge in [-0.05, 0) is 28.1 Å². The maximum Gasteiger partial charge on any atom is 0.287 e. The summed E-state index contributed by atoms with van der Waals surface area (Å²) in [4.78, 5) is 11.9. The fourth-order valence-corrected chi connectivity index (χ4v) is 2.11. The highest BCUT2D eigenvalue weighted by Gasteiger charge is 2.14. The third kappa shape index (κ3) is 2.34. The van der Waals surface area contributed by atoms with Gasteiger partial charge in [0.1, 0.15) is 5.58 Å². The van der Waals surface area contributed by atoms with Crippen molar-refractivity contribution < 1.29 is 9.21 Å². The molecule has 0 atom stereocenters. The number of carbonyl (C=O) groups is 1. The molecule has 2 heterocycles. The zero-order valence-electron chi connectivity index (χ0n) is 9.55. The molecular formula is C11H8BrN5O2. The molecule has 0 aliphatic heterocycles. The van der Waals surface area contributed by atoms with Gasteiger partial charge in [-0.2, -0.15) is 5.21 Å². The monoisotopic (exact) mass is 321 g/mol. The summed E-state index contributed by atoms with van der Waals surface area (Å²) in [5.41, 5.74) is 0.646. The zero-order valence-corrected chi connectivity index (χ0v) is 11.1. The number of amides is 1. The van der Waals surface area contributed by atoms with Crippen LogP contribution in [0.3, 0.4) is 0 Å². The van der Waals surface area contributed by atoms with E-state index in [-0.39, 0.29) is 18.2 Å². The lowest BCUT2D eigenvalue weighted by Gasteiger charge is -1.98. The molecule has 2 aromatic heterocycles. The maximum absolute atomic E-state index is 11.9. The Hall–Kier alpha value is -2.22. The minimum absolute atomic E-state index is 0.188. The molecular weight excluding hydrogens is 314 g/mol. The van der Waals surface area contributed by atoms with E-state index in [2.05, 4.69) is 41.9 Å². The normalized spacial score (nSPS) is 10.8. The summed E-state index contributed by atoms with van der Waals surface area (Å²) in [6.07, 6.45) is 0. The Kier molecular flexibility index (Phi) is 3.00. The van der Waals surface area contributed by atoms with Gasteiger partial charge in [-0.3, -0.25) is 4.79 Å². The number of furan rings is 1. The molecule has 0 radical (unpaired) electrons. The van der Waals surface area contributed by atoms with E-state index in [4.69, 9.17) is 4.42 Å². The zero-order chi connectivity index (χ0) is 13.2. The number of hydrogen-bond donors (Lipinski definition) is 2. The number of aromatic nitrogens is 4. The predicted molar refractivity (Wildman–Crippen MR) is 69.3 cm³/mol. The van der Waals surface area contributed by atoms with E-state index in [9.17, 15) is 4.79 Å². The lowest BCUT2D eigenvalue weighted by Crippen LogP contribution is -2.22. The highest BCUT2D eigenvalue weighted by Crippen LogP contribution is 2.26. The molecule has 19 heavy (non-hydrogen) atoms. The van der Waals surface area contributed by atoms with Gasteiger partial charge in [-0.15, -0.1) is 10.2 Å². The van der Waals surface area contributed by atoms with Crippen LogP contribution in [0.25, 0.3) is 11.0 Å². The lowest BCUT2D eigenvalue weighted by atomic mass is 10.2. The van der Waals surface area contributed by atoms with Crippen molar-refractivity contribution in [3.8, 4) is 0 Å². The molecule has 1 amide bonds. The summed E-state index contributed by atoms with van der Waals surface area (Å²) in [6.45, 7) is 0.188. The molecule has 96 valence electrons. The number of benzene rings is 1. The van der Waals surface area contributed by atoms with E-state index in [1.54, 1.807) is 6.07 Å². The Balaban J connectivity index is 1.80. The number of rotatable bonds is 3. The Morgan fingerprint density at radius 1 is 1.47 bits per heavy atom. The summed E-state index contributed by atoms with van der Waals surface area (Å²) in [5.74, 6) is 0.323. The van der Waals surface area contributed by atoms with Crippen LogP contribution < -0.4 is 5.32 Å². The molecule has 0 fully saturated rings. The van der Waals surface area contributed by atoms with Crippen molar-refractivity contribution in [1.29, 1.82) is 0 Å². The SMILES string of the molecule is O=C(NCc1nn[nH]n1)c1cc2cccc(Br)c2o1. The van der Waals surface area contributed by atoms with Gasteiger partial charge >= 0.3 is 0 Å². The number of fused-ring (bicyclic) bond motifs is 1. The number of carbonyl (C=O) groups excluding carboxylic acids is 1. The fourth-order valence-electron chi connectivity index (χ4n) is 1.64. The van der Waals surface area contributed by atoms with Gasteiger partial charge in [0.25, 0.3) is 5.91 Å². The first-order chi connectivity index (χ1) is 9.24. The summed E-state index contributed by atoms with van der Waals surface area (Å²) in [7, 11) is 0. The number of hydrogen-bond acceptors (Lipinski definition) is 5. The minimum Gasteiger partial charge on any atom is -0.450 e. The minimum atomic E-state index is -0.326. The van der Waals surface area contributed by atoms with Crippen LogP contribution in [0, 0.1) is 0 Å². The van der Waals surface area contributed by atoms with Gasteiger partial charge in [0.2, 0.25) is 0 Å². The molecule has 0 saturated carbocycles. The number of tetrazole rings is 1. The van der Waals surface area contributed by atoms with Crippen LogP contribution in [0.2, 0.25) is 0 Å². The van der Waals surface area contributed by atoms with Crippen molar-refractivity contribution in [2.45, 2.75) is 6.54 Å². The van der Waals surface area contributed by atoms with Crippen LogP contribution in [0.15, 0.2) is 33.2 Å². The van der Waals surface area contributed by atoms with E-state index >= 15 is 0 Å². The van der Waals surface area contributed by atoms with E-state index in [1.807, 2.05) is 18.2 Å². The van der Waals surface area contributed by atoms with E-state index in [1.165, 1.54) is 0 Å². The van der Waals surface area contributed by atoms with Crippen molar-refractivity contribution in [1.82, 2.24) is 25.9 Å². The summed E-state index contributed by atoms with van der Waals surface area (Å²) < 4.78 is 6.31. The first kappa shape index (κ1) is 11.8. The molecule has 0 bridgehead atoms. The van der Waals surface area contributed by atoms with Crippen molar-refractivity contribution >= 4 is 32.8 Å². The van der Waals surface area contributed by atoms with Crippen LogP contribution in [0.5, 0.6) is 0 Å². The molecule has 2 N–H and O–H groups in total. The van der Waals surface area contributed by atoms with Crippen molar-refractivity contribution in [2.75, 3.05) is 0 Å². The second-order valence-electron chi connectivity index (χ2n) is 3.78. The third-order valence-electron chi connectivity index (χ3n) is 2.52. The van der Waals surface area contributed by atoms with Gasteiger partial charge < -0.3 is 9.73 Å². The Bertz CT molecular complexity index is 722. The van der Waals surface area contributed by atoms with Gasteiger partial charge in [0.15, 0.2) is 11.6 Å². The second kappa shape index (κ2) is 4.81. The van der Waals surface area contributed by atoms with Crippen LogP contribution in [0.4, 0.5) is 0 Å². The van der Waals surface area contributed by atoms with E-state index < -0.39 is 0 Å². The van der Waals surface area contributed by atoms with E-state index in [0.717, 1.165) is 9.86 Å². The lowest BCUT2D eigenvalue weighted by molar-refractivity contribution is 0.0924. The van der Waals surface area contributed by atoms with Crippen molar-refractivity contribution in [2.24, 2.45) is 0 Å². The highest BCUT2D eigenvalue weighted by molar-refractivity contribution is 9.10. The smallest absolute Gasteiger partial charge is 0.287 e. The maximum atomic E-state index is 11.9. The molecule has 0 spiro atoms. The van der Waals surface area contributed by atoms with Crippen molar-refractivity contribution in [3.63, 3.8) is 0 Å². The van der Waals surface area contributed by atoms with Crippen molar-refractivity contribution in [3.05, 3.63) is 40.3 Å². The van der Waals surface area contributed by atoms with Gasteiger partial charge in [-0.1, -0.05) is 17.3 Å². The molecule has 0 aliphatic carbocycles. The quantitative estimate of drug-likeness (QED) is 0.764. The third-order valence-corrected chi connectivity index (χ3v) is 3.14. The van der Waals surface area contributed by atoms with Crippen LogP contribution in [-0.2, 0) is 6.54 Å². The number of para-hydroxylation sites is 1. The standard InChI is InChI=1S/C11H8BrN5O2/c12-7-3-1-2-6-4-8(19-10(6)7)11(18)13-5-9-14-16-17-15-9/h1-4H,5H2,(H,13,18)(H,14,15,16,17). The van der Waals surface area contributed by atoms with Crippen LogP contribution in [0.1, 0.15) is 16.4 Å². The Labute approximate surface area is 115 Å². The van der Waals surface area contributed by atoms with Gasteiger partial charge in [-0.25, -0.2) is 0 Å². The molecule has 8 heteroatoms. The number of halogens is 1. The van der Waals surface area contributed by atoms with Crippen LogP contribution in [-0.4, -0.2) is 26.5 Å². The molecule has 3 rings (SSSR count).